The highest BCUT2D eigenvalue weighted by Gasteiger charge is 2.53. The first-order valence-corrected chi connectivity index (χ1v) is 6.98. The maximum atomic E-state index is 12.7. The van der Waals surface area contributed by atoms with Crippen LogP contribution in [0.2, 0.25) is 0 Å². The normalized spacial score (nSPS) is 24.1. The van der Waals surface area contributed by atoms with Gasteiger partial charge >= 0.3 is 0 Å². The van der Waals surface area contributed by atoms with E-state index in [-0.39, 0.29) is 11.8 Å². The summed E-state index contributed by atoms with van der Waals surface area (Å²) < 4.78 is 5.19. The van der Waals surface area contributed by atoms with Crippen LogP contribution in [0.4, 0.5) is 0 Å². The number of amides is 1. The number of aliphatic imine (C=N–C) groups is 1. The molecule has 0 saturated carbocycles. The molecule has 0 aromatic heterocycles. The fraction of sp³-hybridized carbons (Fsp3) is 0.400. The predicted octanol–water partition coefficient (Wildman–Crippen LogP) is 2.65. The van der Waals surface area contributed by atoms with E-state index in [1.54, 1.807) is 18.1 Å². The molecular weight excluding hydrogens is 272 g/mol. The van der Waals surface area contributed by atoms with E-state index in [1.807, 2.05) is 19.1 Å². The van der Waals surface area contributed by atoms with E-state index in [2.05, 4.69) is 18.8 Å². The van der Waals surface area contributed by atoms with Gasteiger partial charge in [0.15, 0.2) is 0 Å². The van der Waals surface area contributed by atoms with Gasteiger partial charge < -0.3 is 4.74 Å². The van der Waals surface area contributed by atoms with Gasteiger partial charge in [-0.2, -0.15) is 0 Å². The fourth-order valence-corrected chi connectivity index (χ4v) is 3.12. The third kappa shape index (κ3) is 1.44. The molecule has 0 bridgehead atoms. The first kappa shape index (κ1) is 13.2. The quantitative estimate of drug-likeness (QED) is 0.786. The molecule has 0 aliphatic carbocycles. The summed E-state index contributed by atoms with van der Waals surface area (Å²) >= 11 is 5.41. The topological polar surface area (TPSA) is 41.9 Å². The van der Waals surface area contributed by atoms with E-state index in [1.165, 1.54) is 0 Å². The summed E-state index contributed by atoms with van der Waals surface area (Å²) in [6.45, 7) is 6.10. The molecule has 1 aromatic carbocycles. The molecule has 2 aliphatic rings. The molecule has 1 aromatic rings. The Balaban J connectivity index is 2.18. The van der Waals surface area contributed by atoms with Crippen molar-refractivity contribution < 1.29 is 9.53 Å². The predicted molar refractivity (Wildman–Crippen MR) is 81.5 cm³/mol. The van der Waals surface area contributed by atoms with Gasteiger partial charge in [0.05, 0.1) is 12.7 Å². The number of hydrogen-bond acceptors (Lipinski definition) is 3. The number of rotatable bonds is 2. The van der Waals surface area contributed by atoms with Crippen LogP contribution in [0.15, 0.2) is 23.2 Å². The van der Waals surface area contributed by atoms with E-state index in [0.29, 0.717) is 22.1 Å². The zero-order valence-electron chi connectivity index (χ0n) is 11.9. The lowest BCUT2D eigenvalue weighted by molar-refractivity contribution is 0.0761. The lowest BCUT2D eigenvalue weighted by Crippen LogP contribution is -2.53. The molecule has 0 saturated heterocycles. The highest BCUT2D eigenvalue weighted by Crippen LogP contribution is 2.40. The summed E-state index contributed by atoms with van der Waals surface area (Å²) in [5.41, 5.74) is 0.938. The van der Waals surface area contributed by atoms with Crippen LogP contribution < -0.4 is 4.74 Å². The van der Waals surface area contributed by atoms with Crippen LogP contribution in [0.1, 0.15) is 36.7 Å². The summed E-state index contributed by atoms with van der Waals surface area (Å²) in [6, 6.07) is 5.48. The van der Waals surface area contributed by atoms with Crippen LogP contribution >= 0.6 is 12.2 Å². The molecule has 5 heteroatoms. The van der Waals surface area contributed by atoms with Gasteiger partial charge in [-0.1, -0.05) is 26.1 Å². The van der Waals surface area contributed by atoms with Gasteiger partial charge in [0.25, 0.3) is 5.91 Å². The van der Waals surface area contributed by atoms with Gasteiger partial charge in [-0.25, -0.2) is 4.99 Å². The highest BCUT2D eigenvalue weighted by atomic mass is 32.1. The third-order valence-electron chi connectivity index (χ3n) is 4.34. The SMILES string of the molecule is COc1ccc2c(c1)C(=O)N1C2=NC(=S)C1(C)C(C)C. The number of methoxy groups -OCH3 is 1. The van der Waals surface area contributed by atoms with Crippen molar-refractivity contribution in [2.24, 2.45) is 10.9 Å². The summed E-state index contributed by atoms with van der Waals surface area (Å²) in [5.74, 6) is 1.49. The molecular formula is C15H16N2O2S. The Morgan fingerprint density at radius 2 is 2.05 bits per heavy atom. The van der Waals surface area contributed by atoms with Crippen LogP contribution in [0.25, 0.3) is 0 Å². The Morgan fingerprint density at radius 1 is 1.35 bits per heavy atom. The highest BCUT2D eigenvalue weighted by molar-refractivity contribution is 7.80. The molecule has 2 heterocycles. The Kier molecular flexibility index (Phi) is 2.73. The summed E-state index contributed by atoms with van der Waals surface area (Å²) in [6.07, 6.45) is 0. The fourth-order valence-electron chi connectivity index (χ4n) is 2.71. The van der Waals surface area contributed by atoms with E-state index in [4.69, 9.17) is 17.0 Å². The number of hydrogen-bond donors (Lipinski definition) is 0. The first-order valence-electron chi connectivity index (χ1n) is 6.57. The van der Waals surface area contributed by atoms with E-state index in [0.717, 1.165) is 5.56 Å². The maximum absolute atomic E-state index is 12.7. The standard InChI is InChI=1S/C15H16N2O2S/c1-8(2)15(3)14(20)16-12-10-6-5-9(19-4)7-11(10)13(18)17(12)15/h5-8H,1-4H3. The lowest BCUT2D eigenvalue weighted by Gasteiger charge is -2.36. The minimum absolute atomic E-state index is 0.0475. The average Bonchev–Trinajstić information content (AvgIpc) is 2.85. The second-order valence-corrected chi connectivity index (χ2v) is 5.98. The Hall–Kier alpha value is -1.75. The molecule has 20 heavy (non-hydrogen) atoms. The zero-order valence-corrected chi connectivity index (χ0v) is 12.7. The Labute approximate surface area is 123 Å². The minimum Gasteiger partial charge on any atom is -0.497 e. The number of thiocarbonyl (C=S) groups is 1. The lowest BCUT2D eigenvalue weighted by atomic mass is 9.87. The number of fused-ring (bicyclic) bond motifs is 3. The molecule has 0 N–H and O–H groups in total. The van der Waals surface area contributed by atoms with Gasteiger partial charge in [-0.3, -0.25) is 9.69 Å². The average molecular weight is 288 g/mol. The van der Waals surface area contributed by atoms with Gasteiger partial charge in [0.2, 0.25) is 0 Å². The van der Waals surface area contributed by atoms with Gasteiger partial charge in [0, 0.05) is 5.56 Å². The van der Waals surface area contributed by atoms with Crippen molar-refractivity contribution in [2.45, 2.75) is 26.3 Å². The third-order valence-corrected chi connectivity index (χ3v) is 4.85. The van der Waals surface area contributed by atoms with Crippen LogP contribution in [0.3, 0.4) is 0 Å². The van der Waals surface area contributed by atoms with Crippen LogP contribution in [-0.2, 0) is 0 Å². The van der Waals surface area contributed by atoms with E-state index in [9.17, 15) is 4.79 Å². The van der Waals surface area contributed by atoms with Crippen LogP contribution in [0.5, 0.6) is 5.75 Å². The molecule has 0 fully saturated rings. The molecule has 1 atom stereocenters. The molecule has 3 rings (SSSR count). The van der Waals surface area contributed by atoms with Crippen molar-refractivity contribution in [2.75, 3.05) is 7.11 Å². The summed E-state index contributed by atoms with van der Waals surface area (Å²) in [7, 11) is 1.59. The molecule has 0 spiro atoms. The Bertz CT molecular complexity index is 666. The van der Waals surface area contributed by atoms with Crippen molar-refractivity contribution >= 4 is 28.9 Å². The number of carbonyl (C=O) groups excluding carboxylic acids is 1. The van der Waals surface area contributed by atoms with Crippen molar-refractivity contribution in [1.29, 1.82) is 0 Å². The van der Waals surface area contributed by atoms with Crippen molar-refractivity contribution in [3.8, 4) is 5.75 Å². The second-order valence-electron chi connectivity index (χ2n) is 5.59. The molecule has 4 nitrogen and oxygen atoms in total. The van der Waals surface area contributed by atoms with Gasteiger partial charge in [0.1, 0.15) is 22.1 Å². The number of ether oxygens (including phenoxy) is 1. The minimum atomic E-state index is -0.534. The monoisotopic (exact) mass is 288 g/mol. The van der Waals surface area contributed by atoms with Crippen LogP contribution in [-0.4, -0.2) is 34.3 Å². The molecule has 2 aliphatic heterocycles. The van der Waals surface area contributed by atoms with Crippen molar-refractivity contribution in [3.63, 3.8) is 0 Å². The summed E-state index contributed by atoms with van der Waals surface area (Å²) in [5, 5.41) is 0. The smallest absolute Gasteiger partial charge is 0.261 e. The van der Waals surface area contributed by atoms with E-state index < -0.39 is 5.54 Å². The zero-order chi connectivity index (χ0) is 14.7. The Morgan fingerprint density at radius 3 is 2.65 bits per heavy atom. The second kappa shape index (κ2) is 4.12. The molecule has 0 radical (unpaired) electrons. The summed E-state index contributed by atoms with van der Waals surface area (Å²) in [4.78, 5) is 19.5. The number of amidine groups is 1. The first-order chi connectivity index (χ1) is 9.41. The van der Waals surface area contributed by atoms with Gasteiger partial charge in [-0.15, -0.1) is 0 Å². The molecule has 1 amide bonds. The van der Waals surface area contributed by atoms with Gasteiger partial charge in [-0.05, 0) is 31.0 Å². The number of carbonyl (C=O) groups is 1. The molecule has 1 unspecified atom stereocenters. The molecule has 104 valence electrons. The largest absolute Gasteiger partial charge is 0.497 e. The van der Waals surface area contributed by atoms with E-state index >= 15 is 0 Å². The maximum Gasteiger partial charge on any atom is 0.261 e. The van der Waals surface area contributed by atoms with Crippen molar-refractivity contribution in [3.05, 3.63) is 29.3 Å². The number of benzene rings is 1. The van der Waals surface area contributed by atoms with Crippen molar-refractivity contribution in [1.82, 2.24) is 4.90 Å². The number of nitrogens with zero attached hydrogens (tertiary/aromatic N) is 2. The van der Waals surface area contributed by atoms with Crippen LogP contribution in [0, 0.1) is 5.92 Å².